The molecule has 0 spiro atoms. The lowest BCUT2D eigenvalue weighted by Crippen LogP contribution is -2.34. The molecule has 0 radical (unpaired) electrons. The topological polar surface area (TPSA) is 15.7 Å². The van der Waals surface area contributed by atoms with E-state index in [1.165, 1.54) is 13.1 Å². The van der Waals surface area contributed by atoms with Gasteiger partial charge in [0.15, 0.2) is 0 Å². The number of likely N-dealkylation sites (tertiary alicyclic amines) is 1. The standard InChI is InChI=1S/C11H24N2OS/c1-10-8-13(4-5-14-6-7-15)9-11(10)12(2)3/h10-11,15H,4-9H2,1-3H3. The minimum atomic E-state index is 0.704. The van der Waals surface area contributed by atoms with E-state index >= 15 is 0 Å². The van der Waals surface area contributed by atoms with Gasteiger partial charge in [-0.05, 0) is 20.0 Å². The predicted octanol–water partition coefficient (Wildman–Crippen LogP) is 0.815. The van der Waals surface area contributed by atoms with Crippen molar-refractivity contribution in [2.45, 2.75) is 13.0 Å². The number of hydrogen-bond donors (Lipinski definition) is 1. The van der Waals surface area contributed by atoms with Crippen LogP contribution in [0.1, 0.15) is 6.92 Å². The Hall–Kier alpha value is 0.230. The van der Waals surface area contributed by atoms with Crippen LogP contribution in [0.25, 0.3) is 0 Å². The summed E-state index contributed by atoms with van der Waals surface area (Å²) < 4.78 is 5.44. The largest absolute Gasteiger partial charge is 0.379 e. The molecule has 0 bridgehead atoms. The van der Waals surface area contributed by atoms with E-state index in [0.717, 1.165) is 31.4 Å². The Kier molecular flexibility index (Phi) is 5.97. The maximum Gasteiger partial charge on any atom is 0.0593 e. The van der Waals surface area contributed by atoms with Crippen LogP contribution in [-0.2, 0) is 4.74 Å². The fraction of sp³-hybridized carbons (Fsp3) is 1.00. The number of ether oxygens (including phenoxy) is 1. The number of likely N-dealkylation sites (N-methyl/N-ethyl adjacent to an activating group) is 1. The van der Waals surface area contributed by atoms with Crippen molar-refractivity contribution >= 4 is 12.6 Å². The van der Waals surface area contributed by atoms with E-state index in [1.54, 1.807) is 0 Å². The minimum Gasteiger partial charge on any atom is -0.379 e. The van der Waals surface area contributed by atoms with Crippen LogP contribution in [-0.4, -0.2) is 68.5 Å². The average Bonchev–Trinajstić information content (AvgIpc) is 2.55. The summed E-state index contributed by atoms with van der Waals surface area (Å²) in [6.07, 6.45) is 0. The zero-order valence-corrected chi connectivity index (χ0v) is 11.0. The quantitative estimate of drug-likeness (QED) is 0.539. The van der Waals surface area contributed by atoms with Gasteiger partial charge in [-0.3, -0.25) is 4.90 Å². The first-order valence-electron chi connectivity index (χ1n) is 5.72. The highest BCUT2D eigenvalue weighted by Gasteiger charge is 2.30. The van der Waals surface area contributed by atoms with Gasteiger partial charge < -0.3 is 9.64 Å². The maximum absolute atomic E-state index is 5.44. The molecular weight excluding hydrogens is 208 g/mol. The first-order chi connectivity index (χ1) is 7.15. The lowest BCUT2D eigenvalue weighted by Gasteiger charge is -2.22. The average molecular weight is 232 g/mol. The van der Waals surface area contributed by atoms with E-state index in [0.29, 0.717) is 6.04 Å². The highest BCUT2D eigenvalue weighted by Crippen LogP contribution is 2.19. The van der Waals surface area contributed by atoms with Crippen molar-refractivity contribution in [2.24, 2.45) is 5.92 Å². The molecular formula is C11H24N2OS. The van der Waals surface area contributed by atoms with Crippen LogP contribution in [0.3, 0.4) is 0 Å². The van der Waals surface area contributed by atoms with Crippen LogP contribution >= 0.6 is 12.6 Å². The second-order valence-electron chi connectivity index (χ2n) is 4.60. The van der Waals surface area contributed by atoms with Crippen LogP contribution in [0.2, 0.25) is 0 Å². The molecule has 4 heteroatoms. The molecule has 0 aromatic heterocycles. The first kappa shape index (κ1) is 13.3. The lowest BCUT2D eigenvalue weighted by atomic mass is 10.1. The van der Waals surface area contributed by atoms with Gasteiger partial charge in [-0.25, -0.2) is 0 Å². The van der Waals surface area contributed by atoms with E-state index in [9.17, 15) is 0 Å². The van der Waals surface area contributed by atoms with Crippen molar-refractivity contribution < 1.29 is 4.74 Å². The third-order valence-electron chi connectivity index (χ3n) is 3.10. The molecule has 2 unspecified atom stereocenters. The van der Waals surface area contributed by atoms with Crippen LogP contribution < -0.4 is 0 Å². The van der Waals surface area contributed by atoms with Gasteiger partial charge in [0, 0.05) is 31.4 Å². The van der Waals surface area contributed by atoms with Crippen LogP contribution in [0.5, 0.6) is 0 Å². The third-order valence-corrected chi connectivity index (χ3v) is 3.28. The van der Waals surface area contributed by atoms with Crippen LogP contribution in [0.15, 0.2) is 0 Å². The predicted molar refractivity (Wildman–Crippen MR) is 67.8 cm³/mol. The van der Waals surface area contributed by atoms with E-state index in [1.807, 2.05) is 0 Å². The fourth-order valence-corrected chi connectivity index (χ4v) is 2.39. The summed E-state index contributed by atoms with van der Waals surface area (Å²) in [5.41, 5.74) is 0. The monoisotopic (exact) mass is 232 g/mol. The summed E-state index contributed by atoms with van der Waals surface area (Å²) in [4.78, 5) is 4.83. The van der Waals surface area contributed by atoms with E-state index in [2.05, 4.69) is 43.4 Å². The van der Waals surface area contributed by atoms with Crippen LogP contribution in [0.4, 0.5) is 0 Å². The highest BCUT2D eigenvalue weighted by atomic mass is 32.1. The lowest BCUT2D eigenvalue weighted by molar-refractivity contribution is 0.121. The molecule has 15 heavy (non-hydrogen) atoms. The maximum atomic E-state index is 5.44. The summed E-state index contributed by atoms with van der Waals surface area (Å²) in [6, 6.07) is 0.704. The smallest absolute Gasteiger partial charge is 0.0593 e. The van der Waals surface area contributed by atoms with Crippen molar-refractivity contribution in [3.8, 4) is 0 Å². The van der Waals surface area contributed by atoms with Gasteiger partial charge in [0.05, 0.1) is 13.2 Å². The SMILES string of the molecule is CC1CN(CCOCCS)CC1N(C)C. The second kappa shape index (κ2) is 6.74. The molecule has 1 aliphatic rings. The molecule has 0 saturated carbocycles. The van der Waals surface area contributed by atoms with Gasteiger partial charge in [0.2, 0.25) is 0 Å². The Balaban J connectivity index is 2.17. The zero-order valence-electron chi connectivity index (χ0n) is 10.1. The van der Waals surface area contributed by atoms with Gasteiger partial charge in [0.25, 0.3) is 0 Å². The normalized spacial score (nSPS) is 27.8. The molecule has 1 aliphatic heterocycles. The van der Waals surface area contributed by atoms with E-state index in [4.69, 9.17) is 4.74 Å². The Morgan fingerprint density at radius 1 is 1.33 bits per heavy atom. The molecule has 2 atom stereocenters. The molecule has 3 nitrogen and oxygen atoms in total. The van der Waals surface area contributed by atoms with Gasteiger partial charge in [0.1, 0.15) is 0 Å². The van der Waals surface area contributed by atoms with Gasteiger partial charge >= 0.3 is 0 Å². The molecule has 0 amide bonds. The number of thiol groups is 1. The summed E-state index contributed by atoms with van der Waals surface area (Å²) in [5.74, 6) is 1.58. The molecule has 0 aliphatic carbocycles. The summed E-state index contributed by atoms with van der Waals surface area (Å²) in [7, 11) is 4.34. The highest BCUT2D eigenvalue weighted by molar-refractivity contribution is 7.80. The Bertz CT molecular complexity index is 178. The molecule has 0 aromatic carbocycles. The molecule has 1 fully saturated rings. The Labute approximate surface area is 99.2 Å². The molecule has 0 N–H and O–H groups in total. The van der Waals surface area contributed by atoms with Crippen LogP contribution in [0, 0.1) is 5.92 Å². The molecule has 1 heterocycles. The summed E-state index contributed by atoms with van der Waals surface area (Å²) in [6.45, 7) is 7.38. The minimum absolute atomic E-state index is 0.704. The number of hydrogen-bond acceptors (Lipinski definition) is 4. The van der Waals surface area contributed by atoms with E-state index in [-0.39, 0.29) is 0 Å². The van der Waals surface area contributed by atoms with Gasteiger partial charge in [-0.1, -0.05) is 6.92 Å². The van der Waals surface area contributed by atoms with Gasteiger partial charge in [-0.15, -0.1) is 0 Å². The molecule has 0 aromatic rings. The third kappa shape index (κ3) is 4.31. The van der Waals surface area contributed by atoms with E-state index < -0.39 is 0 Å². The molecule has 1 rings (SSSR count). The molecule has 90 valence electrons. The van der Waals surface area contributed by atoms with Crippen molar-refractivity contribution in [3.63, 3.8) is 0 Å². The van der Waals surface area contributed by atoms with Gasteiger partial charge in [-0.2, -0.15) is 12.6 Å². The van der Waals surface area contributed by atoms with Crippen molar-refractivity contribution in [1.29, 1.82) is 0 Å². The second-order valence-corrected chi connectivity index (χ2v) is 5.05. The Morgan fingerprint density at radius 3 is 2.60 bits per heavy atom. The number of rotatable bonds is 6. The van der Waals surface area contributed by atoms with Crippen molar-refractivity contribution in [2.75, 3.05) is 52.7 Å². The Morgan fingerprint density at radius 2 is 2.07 bits per heavy atom. The zero-order chi connectivity index (χ0) is 11.3. The fourth-order valence-electron chi connectivity index (χ4n) is 2.26. The summed E-state index contributed by atoms with van der Waals surface area (Å²) >= 11 is 4.11. The number of nitrogens with zero attached hydrogens (tertiary/aromatic N) is 2. The van der Waals surface area contributed by atoms with Crippen molar-refractivity contribution in [1.82, 2.24) is 9.80 Å². The first-order valence-corrected chi connectivity index (χ1v) is 6.35. The molecule has 1 saturated heterocycles. The summed E-state index contributed by atoms with van der Waals surface area (Å²) in [5, 5.41) is 0. The van der Waals surface area contributed by atoms with Crippen molar-refractivity contribution in [3.05, 3.63) is 0 Å².